The zero-order valence-corrected chi connectivity index (χ0v) is 7.73. The first-order chi connectivity index (χ1) is 5.79. The number of rotatable bonds is 3. The Hall–Kier alpha value is -1.15. The lowest BCUT2D eigenvalue weighted by molar-refractivity contribution is -0.103. The maximum Gasteiger partial charge on any atom is 0.151 e. The lowest BCUT2D eigenvalue weighted by Crippen LogP contribution is -1.84. The van der Waals surface area contributed by atoms with Crippen LogP contribution in [0.1, 0.15) is 11.8 Å². The van der Waals surface area contributed by atoms with E-state index in [0.29, 0.717) is 0 Å². The lowest BCUT2D eigenvalue weighted by atomic mass is 10.1. The zero-order valence-electron chi connectivity index (χ0n) is 6.91. The van der Waals surface area contributed by atoms with Crippen molar-refractivity contribution >= 4 is 23.2 Å². The van der Waals surface area contributed by atoms with E-state index in [1.807, 2.05) is 24.4 Å². The molecule has 0 radical (unpaired) electrons. The maximum absolute atomic E-state index is 10.7. The van der Waals surface area contributed by atoms with Crippen LogP contribution in [0.4, 0.5) is 0 Å². The summed E-state index contributed by atoms with van der Waals surface area (Å²) < 4.78 is 0. The largest absolute Gasteiger partial charge is 0.298 e. The van der Waals surface area contributed by atoms with Gasteiger partial charge in [-0.05, 0) is 23.9 Å². The van der Waals surface area contributed by atoms with Crippen molar-refractivity contribution in [3.63, 3.8) is 0 Å². The van der Waals surface area contributed by atoms with E-state index in [1.54, 1.807) is 17.4 Å². The van der Waals surface area contributed by atoms with Crippen LogP contribution < -0.4 is 0 Å². The molecular formula is C10H10OS. The Morgan fingerprint density at radius 1 is 1.67 bits per heavy atom. The van der Waals surface area contributed by atoms with Gasteiger partial charge in [-0.3, -0.25) is 4.79 Å². The Morgan fingerprint density at radius 2 is 2.42 bits per heavy atom. The average Bonchev–Trinajstić information content (AvgIpc) is 2.58. The molecule has 0 N–H and O–H groups in total. The molecule has 0 saturated heterocycles. The van der Waals surface area contributed by atoms with Crippen molar-refractivity contribution < 1.29 is 4.79 Å². The van der Waals surface area contributed by atoms with Crippen molar-refractivity contribution in [2.24, 2.45) is 0 Å². The molecule has 0 aliphatic heterocycles. The first-order valence-corrected chi connectivity index (χ1v) is 4.50. The smallest absolute Gasteiger partial charge is 0.151 e. The predicted octanol–water partition coefficient (Wildman–Crippen LogP) is 2.91. The van der Waals surface area contributed by atoms with Gasteiger partial charge in [0.1, 0.15) is 0 Å². The van der Waals surface area contributed by atoms with Gasteiger partial charge in [-0.2, -0.15) is 0 Å². The highest BCUT2D eigenvalue weighted by Gasteiger charge is 2.02. The van der Waals surface area contributed by atoms with Crippen LogP contribution in [0.15, 0.2) is 35.7 Å². The number of aldehydes is 1. The van der Waals surface area contributed by atoms with Crippen molar-refractivity contribution in [2.45, 2.75) is 6.92 Å². The topological polar surface area (TPSA) is 17.1 Å². The molecule has 0 atom stereocenters. The standard InChI is InChI=1S/C10H10OS/c1-3-8(2)9(7-11)10-5-4-6-12-10/h3-7H,1H2,2H3. The van der Waals surface area contributed by atoms with Crippen LogP contribution >= 0.6 is 11.3 Å². The first kappa shape index (κ1) is 8.94. The van der Waals surface area contributed by atoms with E-state index in [9.17, 15) is 4.79 Å². The molecular weight excluding hydrogens is 168 g/mol. The van der Waals surface area contributed by atoms with Gasteiger partial charge < -0.3 is 0 Å². The van der Waals surface area contributed by atoms with E-state index in [-0.39, 0.29) is 0 Å². The SMILES string of the molecule is C=CC(C)=C(C=O)c1cccs1. The summed E-state index contributed by atoms with van der Waals surface area (Å²) in [5.41, 5.74) is 1.66. The molecule has 0 saturated carbocycles. The van der Waals surface area contributed by atoms with Crippen LogP contribution in [0.5, 0.6) is 0 Å². The summed E-state index contributed by atoms with van der Waals surface area (Å²) in [5.74, 6) is 0. The van der Waals surface area contributed by atoms with Crippen LogP contribution in [0, 0.1) is 0 Å². The van der Waals surface area contributed by atoms with Gasteiger partial charge in [0, 0.05) is 10.5 Å². The van der Waals surface area contributed by atoms with Gasteiger partial charge in [-0.25, -0.2) is 0 Å². The monoisotopic (exact) mass is 178 g/mol. The Balaban J connectivity index is 3.14. The third-order valence-corrected chi connectivity index (χ3v) is 2.54. The fourth-order valence-corrected chi connectivity index (χ4v) is 1.68. The van der Waals surface area contributed by atoms with E-state index < -0.39 is 0 Å². The lowest BCUT2D eigenvalue weighted by Gasteiger charge is -1.97. The summed E-state index contributed by atoms with van der Waals surface area (Å²) in [5, 5.41) is 1.95. The summed E-state index contributed by atoms with van der Waals surface area (Å²) in [6.45, 7) is 5.51. The fourth-order valence-electron chi connectivity index (χ4n) is 0.887. The second-order valence-corrected chi connectivity index (χ2v) is 3.34. The summed E-state index contributed by atoms with van der Waals surface area (Å²) in [6.07, 6.45) is 2.58. The second-order valence-electron chi connectivity index (χ2n) is 2.40. The summed E-state index contributed by atoms with van der Waals surface area (Å²) in [6, 6.07) is 3.86. The highest BCUT2D eigenvalue weighted by molar-refractivity contribution is 7.11. The van der Waals surface area contributed by atoms with E-state index >= 15 is 0 Å². The Kier molecular flexibility index (Phi) is 3.00. The molecule has 1 nitrogen and oxygen atoms in total. The Labute approximate surface area is 76.0 Å². The summed E-state index contributed by atoms with van der Waals surface area (Å²) >= 11 is 1.56. The van der Waals surface area contributed by atoms with Crippen molar-refractivity contribution in [2.75, 3.05) is 0 Å². The van der Waals surface area contributed by atoms with Gasteiger partial charge in [-0.15, -0.1) is 11.3 Å². The summed E-state index contributed by atoms with van der Waals surface area (Å²) in [4.78, 5) is 11.7. The number of thiophene rings is 1. The van der Waals surface area contributed by atoms with Gasteiger partial charge in [0.05, 0.1) is 0 Å². The molecule has 62 valence electrons. The third kappa shape index (κ3) is 1.71. The van der Waals surface area contributed by atoms with Crippen LogP contribution in [0.25, 0.3) is 5.57 Å². The third-order valence-electron chi connectivity index (χ3n) is 1.64. The number of allylic oxidation sites excluding steroid dienone is 3. The van der Waals surface area contributed by atoms with Gasteiger partial charge in [0.25, 0.3) is 0 Å². The molecule has 0 aromatic carbocycles. The van der Waals surface area contributed by atoms with Gasteiger partial charge in [0.15, 0.2) is 6.29 Å². The number of hydrogen-bond acceptors (Lipinski definition) is 2. The normalized spacial score (nSPS) is 12.1. The van der Waals surface area contributed by atoms with Crippen LogP contribution in [0.3, 0.4) is 0 Å². The van der Waals surface area contributed by atoms with Crippen LogP contribution in [-0.4, -0.2) is 6.29 Å². The molecule has 1 aromatic heterocycles. The molecule has 0 amide bonds. The molecule has 1 heterocycles. The van der Waals surface area contributed by atoms with Crippen molar-refractivity contribution in [1.29, 1.82) is 0 Å². The minimum absolute atomic E-state index is 0.736. The molecule has 1 aromatic rings. The number of hydrogen-bond donors (Lipinski definition) is 0. The van der Waals surface area contributed by atoms with Gasteiger partial charge in [0.2, 0.25) is 0 Å². The Bertz CT molecular complexity index is 307. The van der Waals surface area contributed by atoms with Crippen LogP contribution in [-0.2, 0) is 4.79 Å². The zero-order chi connectivity index (χ0) is 8.97. The fraction of sp³-hybridized carbons (Fsp3) is 0.100. The highest BCUT2D eigenvalue weighted by Crippen LogP contribution is 2.21. The van der Waals surface area contributed by atoms with E-state index in [4.69, 9.17) is 0 Å². The molecule has 0 spiro atoms. The van der Waals surface area contributed by atoms with E-state index in [0.717, 1.165) is 22.3 Å². The molecule has 0 aliphatic rings. The number of carbonyl (C=O) groups excluding carboxylic acids is 1. The molecule has 0 unspecified atom stereocenters. The minimum Gasteiger partial charge on any atom is -0.298 e. The quantitative estimate of drug-likeness (QED) is 0.395. The number of carbonyl (C=O) groups is 1. The molecule has 0 fully saturated rings. The molecule has 2 heteroatoms. The highest BCUT2D eigenvalue weighted by atomic mass is 32.1. The van der Waals surface area contributed by atoms with Crippen LogP contribution in [0.2, 0.25) is 0 Å². The Morgan fingerprint density at radius 3 is 2.83 bits per heavy atom. The van der Waals surface area contributed by atoms with E-state index in [2.05, 4.69) is 6.58 Å². The van der Waals surface area contributed by atoms with E-state index in [1.165, 1.54) is 0 Å². The maximum atomic E-state index is 10.7. The molecule has 1 rings (SSSR count). The average molecular weight is 178 g/mol. The predicted molar refractivity (Wildman–Crippen MR) is 53.2 cm³/mol. The van der Waals surface area contributed by atoms with Gasteiger partial charge in [-0.1, -0.05) is 18.7 Å². The van der Waals surface area contributed by atoms with Crippen molar-refractivity contribution in [1.82, 2.24) is 0 Å². The first-order valence-electron chi connectivity index (χ1n) is 3.62. The van der Waals surface area contributed by atoms with Gasteiger partial charge >= 0.3 is 0 Å². The van der Waals surface area contributed by atoms with Crippen molar-refractivity contribution in [3.05, 3.63) is 40.6 Å². The second kappa shape index (κ2) is 4.02. The molecule has 0 aliphatic carbocycles. The summed E-state index contributed by atoms with van der Waals surface area (Å²) in [7, 11) is 0. The minimum atomic E-state index is 0.736. The van der Waals surface area contributed by atoms with Crippen molar-refractivity contribution in [3.8, 4) is 0 Å². The molecule has 0 bridgehead atoms. The molecule has 12 heavy (non-hydrogen) atoms.